The van der Waals surface area contributed by atoms with Crippen molar-refractivity contribution in [3.63, 3.8) is 0 Å². The molecule has 2 bridgehead atoms. The van der Waals surface area contributed by atoms with Gasteiger partial charge in [-0.15, -0.1) is 0 Å². The van der Waals surface area contributed by atoms with Gasteiger partial charge in [-0.2, -0.15) is 0 Å². The Morgan fingerprint density at radius 1 is 1.29 bits per heavy atom. The van der Waals surface area contributed by atoms with Crippen LogP contribution in [-0.2, 0) is 14.6 Å². The van der Waals surface area contributed by atoms with Crippen molar-refractivity contribution in [1.82, 2.24) is 0 Å². The van der Waals surface area contributed by atoms with E-state index in [-0.39, 0.29) is 17.9 Å². The molecular weight excluding hydrogens is 264 g/mol. The summed E-state index contributed by atoms with van der Waals surface area (Å²) in [5.41, 5.74) is -0.435. The second-order valence-electron chi connectivity index (χ2n) is 6.90. The van der Waals surface area contributed by atoms with Gasteiger partial charge in [0.1, 0.15) is 17.5 Å². The summed E-state index contributed by atoms with van der Waals surface area (Å²) in [6.45, 7) is 6.23. The maximum Gasteiger partial charge on any atom is 0.138 e. The number of Topliss-reactive ketones (excluding diaryl/α,β-unsaturated/α-hetero) is 1. The van der Waals surface area contributed by atoms with Crippen LogP contribution < -0.4 is 0 Å². The summed E-state index contributed by atoms with van der Waals surface area (Å²) in [4.78, 5) is 23.2. The largest absolute Gasteiger partial charge is 0.299 e. The fourth-order valence-corrected chi connectivity index (χ4v) is 3.34. The monoisotopic (exact) mass is 294 g/mol. The number of carbonyl (C=O) groups excluding carboxylic acids is 1. The van der Waals surface area contributed by atoms with Gasteiger partial charge in [0.2, 0.25) is 0 Å². The fraction of sp³-hybridized carbons (Fsp3) is 0.833. The molecular formula is C18H30O3. The summed E-state index contributed by atoms with van der Waals surface area (Å²) < 4.78 is 0. The molecule has 1 saturated carbocycles. The smallest absolute Gasteiger partial charge is 0.138 e. The summed E-state index contributed by atoms with van der Waals surface area (Å²) in [6.07, 6.45) is 13.4. The van der Waals surface area contributed by atoms with Crippen LogP contribution in [0.1, 0.15) is 72.1 Å². The Morgan fingerprint density at radius 3 is 2.81 bits per heavy atom. The lowest BCUT2D eigenvalue weighted by Crippen LogP contribution is -2.52. The van der Waals surface area contributed by atoms with Crippen molar-refractivity contribution in [2.75, 3.05) is 0 Å². The second-order valence-corrected chi connectivity index (χ2v) is 6.90. The second kappa shape index (κ2) is 7.55. The highest BCUT2D eigenvalue weighted by Crippen LogP contribution is 2.42. The molecule has 0 N–H and O–H groups in total. The Morgan fingerprint density at radius 2 is 2.05 bits per heavy atom. The van der Waals surface area contributed by atoms with E-state index in [9.17, 15) is 4.79 Å². The van der Waals surface area contributed by atoms with Gasteiger partial charge >= 0.3 is 0 Å². The van der Waals surface area contributed by atoms with Crippen molar-refractivity contribution >= 4 is 5.78 Å². The zero-order chi connectivity index (χ0) is 15.3. The molecule has 2 aliphatic rings. The van der Waals surface area contributed by atoms with Crippen molar-refractivity contribution in [1.29, 1.82) is 0 Å². The summed E-state index contributed by atoms with van der Waals surface area (Å²) in [7, 11) is 0. The van der Waals surface area contributed by atoms with E-state index in [2.05, 4.69) is 19.1 Å². The normalized spacial score (nSPS) is 36.3. The van der Waals surface area contributed by atoms with Crippen molar-refractivity contribution in [2.45, 2.75) is 83.8 Å². The molecule has 0 radical (unpaired) electrons. The molecule has 1 aliphatic heterocycles. The third-order valence-electron chi connectivity index (χ3n) is 5.11. The van der Waals surface area contributed by atoms with E-state index in [0.29, 0.717) is 12.2 Å². The average Bonchev–Trinajstić information content (AvgIpc) is 2.47. The molecule has 2 fully saturated rings. The van der Waals surface area contributed by atoms with Crippen LogP contribution in [0.2, 0.25) is 0 Å². The molecule has 21 heavy (non-hydrogen) atoms. The van der Waals surface area contributed by atoms with Crippen molar-refractivity contribution < 1.29 is 14.6 Å². The zero-order valence-corrected chi connectivity index (χ0v) is 13.8. The Hall–Kier alpha value is -0.670. The average molecular weight is 294 g/mol. The third kappa shape index (κ3) is 4.17. The molecule has 1 heterocycles. The van der Waals surface area contributed by atoms with Gasteiger partial charge in [-0.25, -0.2) is 9.78 Å². The topological polar surface area (TPSA) is 35.5 Å². The van der Waals surface area contributed by atoms with Crippen LogP contribution >= 0.6 is 0 Å². The molecule has 1 aliphatic carbocycles. The van der Waals surface area contributed by atoms with Crippen LogP contribution in [0.3, 0.4) is 0 Å². The molecule has 3 nitrogen and oxygen atoms in total. The molecule has 1 saturated heterocycles. The fourth-order valence-electron chi connectivity index (χ4n) is 3.34. The van der Waals surface area contributed by atoms with Crippen LogP contribution in [-0.4, -0.2) is 17.5 Å². The van der Waals surface area contributed by atoms with Gasteiger partial charge < -0.3 is 0 Å². The molecule has 4 atom stereocenters. The SMILES string of the molecule is CCCCCCC/C=C/[C@@]1(C)OO[C@@H]2C[C@H]1CC(=O)[C@@H]2C. The first-order valence-corrected chi connectivity index (χ1v) is 8.61. The van der Waals surface area contributed by atoms with Gasteiger partial charge in [0.05, 0.1) is 0 Å². The summed E-state index contributed by atoms with van der Waals surface area (Å²) >= 11 is 0. The zero-order valence-electron chi connectivity index (χ0n) is 13.8. The van der Waals surface area contributed by atoms with Crippen LogP contribution in [0.4, 0.5) is 0 Å². The predicted octanol–water partition coefficient (Wildman–Crippen LogP) is 4.61. The molecule has 0 aromatic rings. The standard InChI is InChI=1S/C18H30O3/c1-4-5-6-7-8-9-10-11-18(3)15-12-16(19)14(2)17(13-15)20-21-18/h10-11,14-15,17H,4-9,12-13H2,1-3H3/b11-10+/t14-,15+,17+,18+/m0/s1. The molecule has 0 amide bonds. The third-order valence-corrected chi connectivity index (χ3v) is 5.11. The van der Waals surface area contributed by atoms with E-state index in [4.69, 9.17) is 9.78 Å². The highest BCUT2D eigenvalue weighted by molar-refractivity contribution is 5.82. The molecule has 0 unspecified atom stereocenters. The number of ketones is 1. The van der Waals surface area contributed by atoms with Gasteiger partial charge in [0.15, 0.2) is 0 Å². The highest BCUT2D eigenvalue weighted by atomic mass is 17.2. The first-order chi connectivity index (χ1) is 10.1. The van der Waals surface area contributed by atoms with Gasteiger partial charge in [-0.1, -0.05) is 51.7 Å². The number of rotatable bonds is 7. The van der Waals surface area contributed by atoms with Gasteiger partial charge in [-0.05, 0) is 26.2 Å². The maximum absolute atomic E-state index is 12.0. The van der Waals surface area contributed by atoms with Crippen molar-refractivity contribution in [2.24, 2.45) is 11.8 Å². The first kappa shape index (κ1) is 16.7. The molecule has 0 aromatic heterocycles. The number of carbonyl (C=O) groups is 1. The molecule has 0 aromatic carbocycles. The minimum absolute atomic E-state index is 0.0201. The van der Waals surface area contributed by atoms with Gasteiger partial charge in [0.25, 0.3) is 0 Å². The van der Waals surface area contributed by atoms with E-state index in [0.717, 1.165) is 12.8 Å². The van der Waals surface area contributed by atoms with Crippen LogP contribution in [0, 0.1) is 11.8 Å². The van der Waals surface area contributed by atoms with E-state index in [1.807, 2.05) is 13.8 Å². The molecule has 120 valence electrons. The lowest BCUT2D eigenvalue weighted by atomic mass is 9.71. The minimum Gasteiger partial charge on any atom is -0.299 e. The Kier molecular flexibility index (Phi) is 6.00. The Bertz CT molecular complexity index is 377. The molecule has 2 rings (SSSR count). The number of hydrogen-bond acceptors (Lipinski definition) is 3. The van der Waals surface area contributed by atoms with E-state index in [1.165, 1.54) is 32.1 Å². The number of unbranched alkanes of at least 4 members (excludes halogenated alkanes) is 5. The van der Waals surface area contributed by atoms with Gasteiger partial charge in [-0.3, -0.25) is 4.79 Å². The van der Waals surface area contributed by atoms with Crippen LogP contribution in [0.5, 0.6) is 0 Å². The highest BCUT2D eigenvalue weighted by Gasteiger charge is 2.48. The summed E-state index contributed by atoms with van der Waals surface area (Å²) in [5.74, 6) is 0.559. The minimum atomic E-state index is -0.435. The lowest BCUT2D eigenvalue weighted by molar-refractivity contribution is -0.415. The first-order valence-electron chi connectivity index (χ1n) is 8.61. The summed E-state index contributed by atoms with van der Waals surface area (Å²) in [6, 6.07) is 0. The van der Waals surface area contributed by atoms with E-state index >= 15 is 0 Å². The predicted molar refractivity (Wildman–Crippen MR) is 83.8 cm³/mol. The number of allylic oxidation sites excluding steroid dienone is 1. The molecule has 3 heteroatoms. The quantitative estimate of drug-likeness (QED) is 0.391. The van der Waals surface area contributed by atoms with Gasteiger partial charge in [0, 0.05) is 18.3 Å². The van der Waals surface area contributed by atoms with Crippen molar-refractivity contribution in [3.8, 4) is 0 Å². The van der Waals surface area contributed by atoms with Crippen molar-refractivity contribution in [3.05, 3.63) is 12.2 Å². The Labute approximate surface area is 129 Å². The van der Waals surface area contributed by atoms with E-state index < -0.39 is 5.60 Å². The number of fused-ring (bicyclic) bond motifs is 2. The molecule has 0 spiro atoms. The summed E-state index contributed by atoms with van der Waals surface area (Å²) in [5, 5.41) is 0. The maximum atomic E-state index is 12.0. The van der Waals surface area contributed by atoms with Crippen LogP contribution in [0.25, 0.3) is 0 Å². The lowest BCUT2D eigenvalue weighted by Gasteiger charge is -2.45. The number of hydrogen-bond donors (Lipinski definition) is 0. The Balaban J connectivity index is 1.80. The van der Waals surface area contributed by atoms with Crippen LogP contribution in [0.15, 0.2) is 12.2 Å². The van der Waals surface area contributed by atoms with E-state index in [1.54, 1.807) is 0 Å².